The van der Waals surface area contributed by atoms with E-state index in [0.717, 1.165) is 5.56 Å². The SMILES string of the molecule is CC(c1cccnc1)N1CCC(=O)CC1=O. The van der Waals surface area contributed by atoms with Crippen LogP contribution in [-0.4, -0.2) is 28.1 Å². The molecule has 0 aromatic carbocycles. The van der Waals surface area contributed by atoms with Gasteiger partial charge in [-0.15, -0.1) is 0 Å². The highest BCUT2D eigenvalue weighted by Gasteiger charge is 2.27. The van der Waals surface area contributed by atoms with E-state index in [4.69, 9.17) is 0 Å². The molecular weight excluding hydrogens is 204 g/mol. The zero-order valence-corrected chi connectivity index (χ0v) is 9.22. The lowest BCUT2D eigenvalue weighted by molar-refractivity contribution is -0.141. The van der Waals surface area contributed by atoms with Crippen molar-refractivity contribution in [3.63, 3.8) is 0 Å². The summed E-state index contributed by atoms with van der Waals surface area (Å²) in [6, 6.07) is 3.79. The molecule has 0 spiro atoms. The van der Waals surface area contributed by atoms with Gasteiger partial charge in [-0.2, -0.15) is 0 Å². The molecule has 1 aliphatic rings. The molecule has 0 bridgehead atoms. The smallest absolute Gasteiger partial charge is 0.230 e. The van der Waals surface area contributed by atoms with Crippen LogP contribution in [0, 0.1) is 0 Å². The number of hydrogen-bond acceptors (Lipinski definition) is 3. The molecule has 0 aliphatic carbocycles. The molecule has 1 aromatic rings. The van der Waals surface area contributed by atoms with E-state index in [9.17, 15) is 9.59 Å². The van der Waals surface area contributed by atoms with Crippen molar-refractivity contribution in [2.75, 3.05) is 6.54 Å². The number of nitrogens with zero attached hydrogens (tertiary/aromatic N) is 2. The first-order valence-corrected chi connectivity index (χ1v) is 5.39. The predicted molar refractivity (Wildman–Crippen MR) is 58.6 cm³/mol. The van der Waals surface area contributed by atoms with Gasteiger partial charge >= 0.3 is 0 Å². The Kier molecular flexibility index (Phi) is 2.99. The second-order valence-electron chi connectivity index (χ2n) is 4.01. The van der Waals surface area contributed by atoms with Crippen LogP contribution < -0.4 is 0 Å². The van der Waals surface area contributed by atoms with Crippen LogP contribution in [-0.2, 0) is 9.59 Å². The molecule has 4 heteroatoms. The van der Waals surface area contributed by atoms with Gasteiger partial charge in [0.25, 0.3) is 0 Å². The second kappa shape index (κ2) is 4.43. The van der Waals surface area contributed by atoms with Gasteiger partial charge in [0.2, 0.25) is 5.91 Å². The number of likely N-dealkylation sites (tertiary alicyclic amines) is 1. The second-order valence-corrected chi connectivity index (χ2v) is 4.01. The summed E-state index contributed by atoms with van der Waals surface area (Å²) in [5, 5.41) is 0. The van der Waals surface area contributed by atoms with Crippen molar-refractivity contribution in [1.29, 1.82) is 0 Å². The van der Waals surface area contributed by atoms with Crippen LogP contribution >= 0.6 is 0 Å². The average molecular weight is 218 g/mol. The Morgan fingerprint density at radius 1 is 1.44 bits per heavy atom. The van der Waals surface area contributed by atoms with Crippen LogP contribution in [0.15, 0.2) is 24.5 Å². The fraction of sp³-hybridized carbons (Fsp3) is 0.417. The number of pyridine rings is 1. The van der Waals surface area contributed by atoms with Crippen LogP contribution in [0.1, 0.15) is 31.4 Å². The number of piperidine rings is 1. The van der Waals surface area contributed by atoms with E-state index in [2.05, 4.69) is 4.98 Å². The monoisotopic (exact) mass is 218 g/mol. The van der Waals surface area contributed by atoms with Gasteiger partial charge < -0.3 is 4.90 Å². The van der Waals surface area contributed by atoms with E-state index < -0.39 is 0 Å². The van der Waals surface area contributed by atoms with E-state index in [0.29, 0.717) is 13.0 Å². The fourth-order valence-corrected chi connectivity index (χ4v) is 1.94. The van der Waals surface area contributed by atoms with Crippen LogP contribution in [0.5, 0.6) is 0 Å². The van der Waals surface area contributed by atoms with Crippen molar-refractivity contribution >= 4 is 11.7 Å². The topological polar surface area (TPSA) is 50.3 Å². The number of carbonyl (C=O) groups excluding carboxylic acids is 2. The third kappa shape index (κ3) is 2.10. The summed E-state index contributed by atoms with van der Waals surface area (Å²) < 4.78 is 0. The molecule has 0 radical (unpaired) electrons. The van der Waals surface area contributed by atoms with Crippen LogP contribution in [0.3, 0.4) is 0 Å². The Morgan fingerprint density at radius 3 is 2.88 bits per heavy atom. The lowest BCUT2D eigenvalue weighted by Crippen LogP contribution is -2.40. The van der Waals surface area contributed by atoms with E-state index >= 15 is 0 Å². The largest absolute Gasteiger partial charge is 0.335 e. The van der Waals surface area contributed by atoms with E-state index in [-0.39, 0.29) is 24.2 Å². The number of aromatic nitrogens is 1. The maximum absolute atomic E-state index is 11.7. The van der Waals surface area contributed by atoms with Crippen LogP contribution in [0.2, 0.25) is 0 Å². The standard InChI is InChI=1S/C12H14N2O2/c1-9(10-3-2-5-13-8-10)14-6-4-11(15)7-12(14)16/h2-3,5,8-9H,4,6-7H2,1H3. The third-order valence-corrected chi connectivity index (χ3v) is 2.93. The summed E-state index contributed by atoms with van der Waals surface area (Å²) in [5.41, 5.74) is 1.00. The van der Waals surface area contributed by atoms with Crippen molar-refractivity contribution in [2.24, 2.45) is 0 Å². The zero-order chi connectivity index (χ0) is 11.5. The lowest BCUT2D eigenvalue weighted by Gasteiger charge is -2.32. The molecule has 2 rings (SSSR count). The Hall–Kier alpha value is -1.71. The maximum Gasteiger partial charge on any atom is 0.230 e. The molecule has 1 atom stereocenters. The van der Waals surface area contributed by atoms with Gasteiger partial charge in [-0.1, -0.05) is 6.07 Å². The van der Waals surface area contributed by atoms with Gasteiger partial charge in [-0.3, -0.25) is 14.6 Å². The summed E-state index contributed by atoms with van der Waals surface area (Å²) in [5.74, 6) is -0.0350. The van der Waals surface area contributed by atoms with E-state index in [1.807, 2.05) is 19.1 Å². The Morgan fingerprint density at radius 2 is 2.25 bits per heavy atom. The summed E-state index contributed by atoms with van der Waals surface area (Å²) in [7, 11) is 0. The molecule has 1 amide bonds. The summed E-state index contributed by atoms with van der Waals surface area (Å²) >= 11 is 0. The minimum absolute atomic E-state index is 0.00528. The highest BCUT2D eigenvalue weighted by molar-refractivity contribution is 6.00. The number of hydrogen-bond donors (Lipinski definition) is 0. The normalized spacial score (nSPS) is 18.7. The molecule has 1 aromatic heterocycles. The van der Waals surface area contributed by atoms with Crippen molar-refractivity contribution in [2.45, 2.75) is 25.8 Å². The zero-order valence-electron chi connectivity index (χ0n) is 9.22. The van der Waals surface area contributed by atoms with Gasteiger partial charge in [0.1, 0.15) is 5.78 Å². The van der Waals surface area contributed by atoms with Gasteiger partial charge in [0.15, 0.2) is 0 Å². The van der Waals surface area contributed by atoms with E-state index in [1.165, 1.54) is 0 Å². The molecule has 1 fully saturated rings. The van der Waals surface area contributed by atoms with Crippen LogP contribution in [0.25, 0.3) is 0 Å². The average Bonchev–Trinajstić information content (AvgIpc) is 2.29. The lowest BCUT2D eigenvalue weighted by atomic mass is 10.0. The fourth-order valence-electron chi connectivity index (χ4n) is 1.94. The number of amides is 1. The molecule has 1 aliphatic heterocycles. The number of ketones is 1. The molecule has 1 unspecified atom stereocenters. The van der Waals surface area contributed by atoms with Gasteiger partial charge in [0.05, 0.1) is 12.5 Å². The summed E-state index contributed by atoms with van der Waals surface area (Å²) in [4.78, 5) is 28.6. The Labute approximate surface area is 94.3 Å². The van der Waals surface area contributed by atoms with Gasteiger partial charge in [0, 0.05) is 25.4 Å². The first-order valence-electron chi connectivity index (χ1n) is 5.39. The van der Waals surface area contributed by atoms with E-state index in [1.54, 1.807) is 17.3 Å². The first-order chi connectivity index (χ1) is 7.68. The number of carbonyl (C=O) groups is 2. The predicted octanol–water partition coefficient (Wildman–Crippen LogP) is 1.33. The molecule has 2 heterocycles. The third-order valence-electron chi connectivity index (χ3n) is 2.93. The summed E-state index contributed by atoms with van der Waals surface area (Å²) in [6.45, 7) is 2.48. The molecule has 0 N–H and O–H groups in total. The highest BCUT2D eigenvalue weighted by Crippen LogP contribution is 2.22. The molecule has 16 heavy (non-hydrogen) atoms. The van der Waals surface area contributed by atoms with Crippen molar-refractivity contribution in [3.05, 3.63) is 30.1 Å². The minimum atomic E-state index is -0.0763. The maximum atomic E-state index is 11.7. The molecule has 84 valence electrons. The van der Waals surface area contributed by atoms with Crippen molar-refractivity contribution in [1.82, 2.24) is 9.88 Å². The summed E-state index contributed by atoms with van der Waals surface area (Å²) in [6.07, 6.45) is 3.98. The molecular formula is C12H14N2O2. The van der Waals surface area contributed by atoms with Crippen LogP contribution in [0.4, 0.5) is 0 Å². The van der Waals surface area contributed by atoms with Gasteiger partial charge in [-0.05, 0) is 18.6 Å². The molecule has 1 saturated heterocycles. The Balaban J connectivity index is 2.13. The molecule has 4 nitrogen and oxygen atoms in total. The number of rotatable bonds is 2. The minimum Gasteiger partial charge on any atom is -0.335 e. The number of Topliss-reactive ketones (excluding diaryl/α,β-unsaturated/α-hetero) is 1. The van der Waals surface area contributed by atoms with Gasteiger partial charge in [-0.25, -0.2) is 0 Å². The molecule has 0 saturated carbocycles. The van der Waals surface area contributed by atoms with Crippen molar-refractivity contribution < 1.29 is 9.59 Å². The first kappa shape index (κ1) is 10.8. The Bertz CT molecular complexity index is 403. The van der Waals surface area contributed by atoms with Crippen molar-refractivity contribution in [3.8, 4) is 0 Å². The quantitative estimate of drug-likeness (QED) is 0.704. The highest BCUT2D eigenvalue weighted by atomic mass is 16.2.